The highest BCUT2D eigenvalue weighted by molar-refractivity contribution is 6.21. The molecule has 2 aliphatic rings. The summed E-state index contributed by atoms with van der Waals surface area (Å²) in [5, 5.41) is 0. The van der Waals surface area contributed by atoms with E-state index in [1.54, 1.807) is 24.3 Å². The predicted molar refractivity (Wildman–Crippen MR) is 95.2 cm³/mol. The lowest BCUT2D eigenvalue weighted by Gasteiger charge is -2.16. The van der Waals surface area contributed by atoms with Gasteiger partial charge in [-0.05, 0) is 36.8 Å². The van der Waals surface area contributed by atoms with Crippen LogP contribution in [0.1, 0.15) is 60.2 Å². The molecule has 25 heavy (non-hydrogen) atoms. The van der Waals surface area contributed by atoms with Gasteiger partial charge < -0.3 is 4.90 Å². The Morgan fingerprint density at radius 1 is 0.960 bits per heavy atom. The van der Waals surface area contributed by atoms with Crippen molar-refractivity contribution in [2.75, 3.05) is 19.6 Å². The zero-order valence-corrected chi connectivity index (χ0v) is 15.0. The van der Waals surface area contributed by atoms with Crippen molar-refractivity contribution >= 4 is 17.7 Å². The van der Waals surface area contributed by atoms with Gasteiger partial charge in [0.2, 0.25) is 5.91 Å². The summed E-state index contributed by atoms with van der Waals surface area (Å²) < 4.78 is 0. The fraction of sp³-hybridized carbons (Fsp3) is 0.550. The van der Waals surface area contributed by atoms with Crippen LogP contribution in [-0.4, -0.2) is 47.2 Å². The highest BCUT2D eigenvalue weighted by Gasteiger charge is 2.34. The Labute approximate surface area is 149 Å². The van der Waals surface area contributed by atoms with Gasteiger partial charge in [0.1, 0.15) is 0 Å². The van der Waals surface area contributed by atoms with Crippen molar-refractivity contribution < 1.29 is 14.4 Å². The van der Waals surface area contributed by atoms with Crippen molar-refractivity contribution in [3.63, 3.8) is 0 Å². The zero-order valence-electron chi connectivity index (χ0n) is 15.0. The Kier molecular flexibility index (Phi) is 5.21. The van der Waals surface area contributed by atoms with Crippen LogP contribution in [0, 0.1) is 11.8 Å². The van der Waals surface area contributed by atoms with Gasteiger partial charge in [-0.25, -0.2) is 0 Å². The van der Waals surface area contributed by atoms with Crippen LogP contribution in [0.25, 0.3) is 0 Å². The summed E-state index contributed by atoms with van der Waals surface area (Å²) in [5.41, 5.74) is 1.000. The van der Waals surface area contributed by atoms with Crippen molar-refractivity contribution in [2.45, 2.75) is 39.5 Å². The molecular formula is C20H26N2O3. The van der Waals surface area contributed by atoms with E-state index in [4.69, 9.17) is 0 Å². The fourth-order valence-electron chi connectivity index (χ4n) is 3.66. The maximum atomic E-state index is 12.3. The van der Waals surface area contributed by atoms with Crippen LogP contribution < -0.4 is 0 Å². The van der Waals surface area contributed by atoms with Crippen molar-refractivity contribution in [1.29, 1.82) is 0 Å². The van der Waals surface area contributed by atoms with Gasteiger partial charge in [-0.1, -0.05) is 32.4 Å². The molecule has 5 nitrogen and oxygen atoms in total. The van der Waals surface area contributed by atoms with Crippen molar-refractivity contribution in [3.8, 4) is 0 Å². The van der Waals surface area contributed by atoms with E-state index in [0.29, 0.717) is 35.9 Å². The molecule has 2 unspecified atom stereocenters. The van der Waals surface area contributed by atoms with Crippen LogP contribution in [0.3, 0.4) is 0 Å². The number of hydrogen-bond acceptors (Lipinski definition) is 3. The third-order valence-corrected chi connectivity index (χ3v) is 5.49. The van der Waals surface area contributed by atoms with E-state index < -0.39 is 0 Å². The highest BCUT2D eigenvalue weighted by Crippen LogP contribution is 2.24. The minimum atomic E-state index is -0.197. The normalized spacial score (nSPS) is 22.6. The van der Waals surface area contributed by atoms with Gasteiger partial charge in [-0.15, -0.1) is 0 Å². The van der Waals surface area contributed by atoms with Crippen LogP contribution in [0.2, 0.25) is 0 Å². The number of likely N-dealkylation sites (tertiary alicyclic amines) is 1. The fourth-order valence-corrected chi connectivity index (χ4v) is 3.66. The summed E-state index contributed by atoms with van der Waals surface area (Å²) in [4.78, 5) is 40.0. The summed E-state index contributed by atoms with van der Waals surface area (Å²) in [6, 6.07) is 6.96. The van der Waals surface area contributed by atoms with Gasteiger partial charge in [-0.2, -0.15) is 0 Å². The Hall–Kier alpha value is -2.17. The molecule has 134 valence electrons. The summed E-state index contributed by atoms with van der Waals surface area (Å²) in [5.74, 6) is 1.00. The number of carbonyl (C=O) groups is 3. The lowest BCUT2D eigenvalue weighted by Crippen LogP contribution is -2.31. The number of nitrogens with zero attached hydrogens (tertiary/aromatic N) is 2. The smallest absolute Gasteiger partial charge is 0.261 e. The molecular weight excluding hydrogens is 316 g/mol. The second-order valence-electron chi connectivity index (χ2n) is 7.37. The quantitative estimate of drug-likeness (QED) is 0.590. The number of fused-ring (bicyclic) bond motifs is 1. The Morgan fingerprint density at radius 2 is 1.52 bits per heavy atom. The number of carbonyl (C=O) groups excluding carboxylic acids is 3. The molecule has 1 saturated heterocycles. The maximum absolute atomic E-state index is 12.3. The van der Waals surface area contributed by atoms with Gasteiger partial charge in [0.15, 0.2) is 0 Å². The Bertz CT molecular complexity index is 640. The summed E-state index contributed by atoms with van der Waals surface area (Å²) in [6.07, 6.45) is 2.95. The molecule has 1 aromatic rings. The molecule has 1 aromatic carbocycles. The summed E-state index contributed by atoms with van der Waals surface area (Å²) in [6.45, 7) is 6.56. The number of unbranched alkanes of at least 4 members (excludes halogenated alkanes) is 2. The van der Waals surface area contributed by atoms with Crippen molar-refractivity contribution in [1.82, 2.24) is 9.80 Å². The molecule has 0 aromatic heterocycles. The molecule has 0 aliphatic carbocycles. The summed E-state index contributed by atoms with van der Waals surface area (Å²) in [7, 11) is 0. The molecule has 5 heteroatoms. The second-order valence-corrected chi connectivity index (χ2v) is 7.37. The van der Waals surface area contributed by atoms with Crippen LogP contribution in [0.5, 0.6) is 0 Å². The lowest BCUT2D eigenvalue weighted by atomic mass is 10.0. The standard InChI is InChI=1S/C20H26N2O3/c1-14-12-21(13-15(14)2)18(23)10-4-3-7-11-22-19(24)16-8-5-6-9-17(16)20(22)25/h5-6,8-9,14-15H,3-4,7,10-13H2,1-2H3. The highest BCUT2D eigenvalue weighted by atomic mass is 16.2. The first-order valence-electron chi connectivity index (χ1n) is 9.22. The van der Waals surface area contributed by atoms with Crippen LogP contribution in [0.15, 0.2) is 24.3 Å². The molecule has 1 fully saturated rings. The van der Waals surface area contributed by atoms with Crippen molar-refractivity contribution in [2.24, 2.45) is 11.8 Å². The molecule has 0 radical (unpaired) electrons. The first kappa shape index (κ1) is 17.6. The molecule has 3 amide bonds. The van der Waals surface area contributed by atoms with Gasteiger partial charge >= 0.3 is 0 Å². The van der Waals surface area contributed by atoms with E-state index in [1.165, 1.54) is 4.90 Å². The van der Waals surface area contributed by atoms with E-state index in [9.17, 15) is 14.4 Å². The molecule has 2 aliphatic heterocycles. The Morgan fingerprint density at radius 3 is 2.08 bits per heavy atom. The molecule has 0 spiro atoms. The first-order chi connectivity index (χ1) is 12.0. The third kappa shape index (κ3) is 3.60. The minimum Gasteiger partial charge on any atom is -0.342 e. The number of rotatable bonds is 6. The second kappa shape index (κ2) is 7.38. The summed E-state index contributed by atoms with van der Waals surface area (Å²) >= 11 is 0. The predicted octanol–water partition coefficient (Wildman–Crippen LogP) is 2.96. The maximum Gasteiger partial charge on any atom is 0.261 e. The molecule has 3 rings (SSSR count). The molecule has 2 heterocycles. The first-order valence-corrected chi connectivity index (χ1v) is 9.22. The van der Waals surface area contributed by atoms with Crippen LogP contribution >= 0.6 is 0 Å². The average molecular weight is 342 g/mol. The topological polar surface area (TPSA) is 57.7 Å². The van der Waals surface area contributed by atoms with Gasteiger partial charge in [0, 0.05) is 26.1 Å². The Balaban J connectivity index is 1.39. The minimum absolute atomic E-state index is 0.197. The number of amides is 3. The van der Waals surface area contributed by atoms with E-state index >= 15 is 0 Å². The van der Waals surface area contributed by atoms with E-state index in [0.717, 1.165) is 32.4 Å². The van der Waals surface area contributed by atoms with Gasteiger partial charge in [0.25, 0.3) is 11.8 Å². The SMILES string of the molecule is CC1CN(C(=O)CCCCCN2C(=O)c3ccccc3C2=O)CC1C. The van der Waals surface area contributed by atoms with Gasteiger partial charge in [0.05, 0.1) is 11.1 Å². The molecule has 2 atom stereocenters. The lowest BCUT2D eigenvalue weighted by molar-refractivity contribution is -0.130. The number of benzene rings is 1. The number of imide groups is 1. The van der Waals surface area contributed by atoms with Crippen LogP contribution in [-0.2, 0) is 4.79 Å². The number of hydrogen-bond donors (Lipinski definition) is 0. The van der Waals surface area contributed by atoms with E-state index in [-0.39, 0.29) is 17.7 Å². The van der Waals surface area contributed by atoms with Crippen molar-refractivity contribution in [3.05, 3.63) is 35.4 Å². The third-order valence-electron chi connectivity index (χ3n) is 5.49. The zero-order chi connectivity index (χ0) is 18.0. The monoisotopic (exact) mass is 342 g/mol. The van der Waals surface area contributed by atoms with Crippen LogP contribution in [0.4, 0.5) is 0 Å². The van der Waals surface area contributed by atoms with E-state index in [2.05, 4.69) is 13.8 Å². The average Bonchev–Trinajstić information content (AvgIpc) is 3.06. The largest absolute Gasteiger partial charge is 0.342 e. The molecule has 0 saturated carbocycles. The van der Waals surface area contributed by atoms with E-state index in [1.807, 2.05) is 4.90 Å². The van der Waals surface area contributed by atoms with Gasteiger partial charge in [-0.3, -0.25) is 19.3 Å². The molecule has 0 bridgehead atoms. The molecule has 0 N–H and O–H groups in total.